The van der Waals surface area contributed by atoms with Gasteiger partial charge in [-0.25, -0.2) is 4.79 Å². The van der Waals surface area contributed by atoms with Gasteiger partial charge in [-0.2, -0.15) is 0 Å². The lowest BCUT2D eigenvalue weighted by atomic mass is 9.85. The Kier molecular flexibility index (Phi) is 5.27. The second kappa shape index (κ2) is 6.76. The lowest BCUT2D eigenvalue weighted by Crippen LogP contribution is -2.60. The summed E-state index contributed by atoms with van der Waals surface area (Å²) in [5.41, 5.74) is -0.175. The summed E-state index contributed by atoms with van der Waals surface area (Å²) in [6.07, 6.45) is 8.08. The lowest BCUT2D eigenvalue weighted by Gasteiger charge is -2.44. The van der Waals surface area contributed by atoms with Crippen LogP contribution in [0.15, 0.2) is 0 Å². The predicted octanol–water partition coefficient (Wildman–Crippen LogP) is 1.42. The van der Waals surface area contributed by atoms with Crippen LogP contribution in [0, 0.1) is 0 Å². The summed E-state index contributed by atoms with van der Waals surface area (Å²) < 4.78 is 0. The molecular formula is C15H29N3O2. The molecule has 2 fully saturated rings. The minimum absolute atomic E-state index is 0.0780. The van der Waals surface area contributed by atoms with Crippen LogP contribution in [0.25, 0.3) is 0 Å². The molecule has 1 aliphatic heterocycles. The minimum atomic E-state index is -0.175. The zero-order chi connectivity index (χ0) is 14.6. The maximum absolute atomic E-state index is 12.0. The zero-order valence-corrected chi connectivity index (χ0v) is 12.9. The fourth-order valence-corrected chi connectivity index (χ4v) is 3.44. The average Bonchev–Trinajstić information content (AvgIpc) is 2.48. The summed E-state index contributed by atoms with van der Waals surface area (Å²) in [6, 6.07) is 0.626. The third-order valence-corrected chi connectivity index (χ3v) is 4.79. The van der Waals surface area contributed by atoms with E-state index in [1.807, 2.05) is 4.90 Å². The van der Waals surface area contributed by atoms with Gasteiger partial charge in [0.25, 0.3) is 0 Å². The molecule has 0 atom stereocenters. The molecule has 5 heteroatoms. The Morgan fingerprint density at radius 1 is 1.25 bits per heavy atom. The van der Waals surface area contributed by atoms with E-state index in [0.717, 1.165) is 25.9 Å². The van der Waals surface area contributed by atoms with Crippen molar-refractivity contribution in [3.05, 3.63) is 0 Å². The van der Waals surface area contributed by atoms with E-state index in [1.165, 1.54) is 32.1 Å². The molecule has 5 nitrogen and oxygen atoms in total. The Morgan fingerprint density at radius 3 is 2.35 bits per heavy atom. The van der Waals surface area contributed by atoms with Crippen molar-refractivity contribution in [1.82, 2.24) is 15.1 Å². The van der Waals surface area contributed by atoms with Gasteiger partial charge >= 0.3 is 6.03 Å². The molecule has 0 unspecified atom stereocenters. The number of rotatable bonds is 3. The van der Waals surface area contributed by atoms with E-state index < -0.39 is 0 Å². The van der Waals surface area contributed by atoms with Gasteiger partial charge in [-0.1, -0.05) is 19.3 Å². The van der Waals surface area contributed by atoms with E-state index in [9.17, 15) is 9.90 Å². The molecule has 1 aliphatic carbocycles. The fraction of sp³-hybridized carbons (Fsp3) is 0.933. The maximum atomic E-state index is 12.0. The van der Waals surface area contributed by atoms with Crippen molar-refractivity contribution in [1.29, 1.82) is 0 Å². The molecule has 2 N–H and O–H groups in total. The van der Waals surface area contributed by atoms with E-state index in [2.05, 4.69) is 5.32 Å². The first-order valence-corrected chi connectivity index (χ1v) is 7.91. The van der Waals surface area contributed by atoms with E-state index in [1.54, 1.807) is 19.0 Å². The number of urea groups is 1. The molecule has 1 saturated carbocycles. The van der Waals surface area contributed by atoms with Crippen LogP contribution in [0.2, 0.25) is 0 Å². The van der Waals surface area contributed by atoms with Crippen LogP contribution < -0.4 is 5.32 Å². The number of likely N-dealkylation sites (tertiary alicyclic amines) is 1. The molecule has 0 bridgehead atoms. The van der Waals surface area contributed by atoms with Crippen LogP contribution in [-0.2, 0) is 0 Å². The highest BCUT2D eigenvalue weighted by molar-refractivity contribution is 5.73. The van der Waals surface area contributed by atoms with Gasteiger partial charge in [-0.15, -0.1) is 0 Å². The Labute approximate surface area is 122 Å². The van der Waals surface area contributed by atoms with E-state index in [0.29, 0.717) is 6.04 Å². The van der Waals surface area contributed by atoms with Crippen molar-refractivity contribution in [2.24, 2.45) is 0 Å². The van der Waals surface area contributed by atoms with Crippen LogP contribution in [0.4, 0.5) is 4.79 Å². The van der Waals surface area contributed by atoms with E-state index in [4.69, 9.17) is 0 Å². The summed E-state index contributed by atoms with van der Waals surface area (Å²) >= 11 is 0. The second-order valence-corrected chi connectivity index (χ2v) is 6.58. The van der Waals surface area contributed by atoms with Gasteiger partial charge in [0.2, 0.25) is 0 Å². The largest absolute Gasteiger partial charge is 0.394 e. The molecule has 0 aromatic rings. The van der Waals surface area contributed by atoms with Crippen molar-refractivity contribution in [3.63, 3.8) is 0 Å². The molecule has 2 rings (SSSR count). The molecule has 2 aliphatic rings. The van der Waals surface area contributed by atoms with Gasteiger partial charge in [-0.05, 0) is 25.7 Å². The Bertz CT molecular complexity index is 319. The Balaban J connectivity index is 1.88. The Hall–Kier alpha value is -0.810. The maximum Gasteiger partial charge on any atom is 0.319 e. The second-order valence-electron chi connectivity index (χ2n) is 6.58. The highest BCUT2D eigenvalue weighted by atomic mass is 16.3. The van der Waals surface area contributed by atoms with Crippen molar-refractivity contribution >= 4 is 6.03 Å². The first kappa shape index (κ1) is 15.6. The topological polar surface area (TPSA) is 55.8 Å². The zero-order valence-electron chi connectivity index (χ0n) is 12.9. The number of aliphatic hydroxyl groups is 1. The number of hydrogen-bond acceptors (Lipinski definition) is 3. The molecule has 0 aromatic carbocycles. The number of piperidine rings is 1. The number of hydrogen-bond donors (Lipinski definition) is 2. The van der Waals surface area contributed by atoms with Crippen LogP contribution in [0.3, 0.4) is 0 Å². The molecule has 1 saturated heterocycles. The third kappa shape index (κ3) is 3.64. The van der Waals surface area contributed by atoms with Crippen LogP contribution in [-0.4, -0.2) is 66.3 Å². The molecule has 0 aromatic heterocycles. The van der Waals surface area contributed by atoms with Gasteiger partial charge in [0.1, 0.15) is 0 Å². The molecule has 0 radical (unpaired) electrons. The minimum Gasteiger partial charge on any atom is -0.394 e. The van der Waals surface area contributed by atoms with Gasteiger partial charge in [0.15, 0.2) is 0 Å². The van der Waals surface area contributed by atoms with Gasteiger partial charge in [0, 0.05) is 38.8 Å². The first-order valence-electron chi connectivity index (χ1n) is 7.91. The van der Waals surface area contributed by atoms with Gasteiger partial charge < -0.3 is 20.2 Å². The molecule has 116 valence electrons. The number of nitrogens with zero attached hydrogens (tertiary/aromatic N) is 2. The normalized spacial score (nSPS) is 23.6. The fourth-order valence-electron chi connectivity index (χ4n) is 3.44. The number of carbonyl (C=O) groups is 1. The van der Waals surface area contributed by atoms with Crippen LogP contribution in [0.1, 0.15) is 44.9 Å². The smallest absolute Gasteiger partial charge is 0.319 e. The highest BCUT2D eigenvalue weighted by Crippen LogP contribution is 2.26. The number of carbonyl (C=O) groups excluding carboxylic acids is 1. The van der Waals surface area contributed by atoms with Crippen molar-refractivity contribution in [2.75, 3.05) is 33.8 Å². The Morgan fingerprint density at radius 2 is 1.85 bits per heavy atom. The lowest BCUT2D eigenvalue weighted by molar-refractivity contribution is 0.0695. The quantitative estimate of drug-likeness (QED) is 0.823. The van der Waals surface area contributed by atoms with E-state index >= 15 is 0 Å². The van der Waals surface area contributed by atoms with Gasteiger partial charge in [0.05, 0.1) is 6.61 Å². The summed E-state index contributed by atoms with van der Waals surface area (Å²) in [5, 5.41) is 13.5. The molecule has 1 heterocycles. The summed E-state index contributed by atoms with van der Waals surface area (Å²) in [5.74, 6) is 0. The van der Waals surface area contributed by atoms with Crippen LogP contribution in [0.5, 0.6) is 0 Å². The number of aliphatic hydroxyl groups excluding tert-OH is 1. The third-order valence-electron chi connectivity index (χ3n) is 4.79. The van der Waals surface area contributed by atoms with Crippen molar-refractivity contribution < 1.29 is 9.90 Å². The summed E-state index contributed by atoms with van der Waals surface area (Å²) in [6.45, 7) is 1.64. The molecular weight excluding hydrogens is 254 g/mol. The molecule has 0 spiro atoms. The summed E-state index contributed by atoms with van der Waals surface area (Å²) in [7, 11) is 3.58. The first-order chi connectivity index (χ1) is 9.56. The van der Waals surface area contributed by atoms with Gasteiger partial charge in [-0.3, -0.25) is 0 Å². The number of amides is 2. The molecule has 2 amide bonds. The molecule has 20 heavy (non-hydrogen) atoms. The SMILES string of the molecule is CN(C)C(=O)N1CCC(CO)(NC2CCCCC2)CC1. The predicted molar refractivity (Wildman–Crippen MR) is 79.7 cm³/mol. The monoisotopic (exact) mass is 283 g/mol. The summed E-state index contributed by atoms with van der Waals surface area (Å²) in [4.78, 5) is 15.5. The average molecular weight is 283 g/mol. The van der Waals surface area contributed by atoms with E-state index in [-0.39, 0.29) is 18.2 Å². The van der Waals surface area contributed by atoms with Crippen molar-refractivity contribution in [2.45, 2.75) is 56.5 Å². The number of nitrogens with one attached hydrogen (secondary N) is 1. The highest BCUT2D eigenvalue weighted by Gasteiger charge is 2.37. The standard InChI is InChI=1S/C15H29N3O2/c1-17(2)14(20)18-10-8-15(12-19,9-11-18)16-13-6-4-3-5-7-13/h13,16,19H,3-12H2,1-2H3. The van der Waals surface area contributed by atoms with Crippen molar-refractivity contribution in [3.8, 4) is 0 Å². The van der Waals surface area contributed by atoms with Crippen LogP contribution >= 0.6 is 0 Å².